The van der Waals surface area contributed by atoms with Crippen LogP contribution >= 0.6 is 0 Å². The number of aliphatic carboxylic acids is 1. The Morgan fingerprint density at radius 1 is 1.15 bits per heavy atom. The first-order chi connectivity index (χ1) is 9.68. The van der Waals surface area contributed by atoms with E-state index in [1.807, 2.05) is 0 Å². The molecule has 0 aliphatic rings. The quantitative estimate of drug-likeness (QED) is 0.687. The minimum atomic E-state index is -0.933. The number of aromatic nitrogens is 2. The average molecular weight is 284 g/mol. The molecule has 112 valence electrons. The number of carboxylic acids is 1. The van der Waals surface area contributed by atoms with Crippen molar-refractivity contribution < 1.29 is 18.7 Å². The minimum absolute atomic E-state index is 0.520. The highest BCUT2D eigenvalue weighted by Gasteiger charge is 2.09. The number of hydrogen-bond acceptors (Lipinski definition) is 7. The molecule has 20 heavy (non-hydrogen) atoms. The largest absolute Gasteiger partial charge is 0.480 e. The van der Waals surface area contributed by atoms with Gasteiger partial charge >= 0.3 is 5.97 Å². The Morgan fingerprint density at radius 2 is 1.70 bits per heavy atom. The first-order valence-corrected chi connectivity index (χ1v) is 6.01. The molecule has 1 atom stereocenters. The van der Waals surface area contributed by atoms with Crippen molar-refractivity contribution in [3.63, 3.8) is 0 Å². The van der Waals surface area contributed by atoms with Crippen molar-refractivity contribution in [1.29, 1.82) is 0 Å². The summed E-state index contributed by atoms with van der Waals surface area (Å²) < 4.78 is 8.94. The highest BCUT2D eigenvalue weighted by Crippen LogP contribution is 1.96. The molecule has 0 radical (unpaired) electrons. The van der Waals surface area contributed by atoms with Gasteiger partial charge < -0.3 is 25.4 Å². The van der Waals surface area contributed by atoms with Gasteiger partial charge in [-0.25, -0.2) is 9.97 Å². The zero-order valence-corrected chi connectivity index (χ0v) is 11.1. The molecule has 0 aromatic carbocycles. The molecule has 0 aliphatic carbocycles. The smallest absolute Gasteiger partial charge is 0.320 e. The predicted molar refractivity (Wildman–Crippen MR) is 71.5 cm³/mol. The lowest BCUT2D eigenvalue weighted by Crippen LogP contribution is -2.29. The lowest BCUT2D eigenvalue weighted by atomic mass is 10.1. The molecule has 0 amide bonds. The third kappa shape index (κ3) is 12.3. The fourth-order valence-electron chi connectivity index (χ4n) is 0.983. The maximum absolute atomic E-state index is 10.1. The predicted octanol–water partition coefficient (Wildman–Crippen LogP) is 0.877. The summed E-state index contributed by atoms with van der Waals surface area (Å²) in [6.07, 6.45) is 11.1. The van der Waals surface area contributed by atoms with Crippen LogP contribution in [0, 0.1) is 0 Å². The van der Waals surface area contributed by atoms with Crippen molar-refractivity contribution in [2.45, 2.75) is 25.3 Å². The molecule has 1 unspecified atom stereocenters. The zero-order valence-electron chi connectivity index (χ0n) is 11.1. The molecule has 0 aliphatic heterocycles. The Kier molecular flexibility index (Phi) is 11.8. The lowest BCUT2D eigenvalue weighted by Gasteiger charge is -2.03. The van der Waals surface area contributed by atoms with Gasteiger partial charge in [0.2, 0.25) is 0 Å². The molecule has 0 bridgehead atoms. The van der Waals surface area contributed by atoms with Crippen molar-refractivity contribution in [2.24, 2.45) is 11.5 Å². The zero-order chi connectivity index (χ0) is 15.1. The maximum Gasteiger partial charge on any atom is 0.320 e. The van der Waals surface area contributed by atoms with Gasteiger partial charge in [0, 0.05) is 0 Å². The Morgan fingerprint density at radius 3 is 1.95 bits per heavy atom. The van der Waals surface area contributed by atoms with E-state index >= 15 is 0 Å². The van der Waals surface area contributed by atoms with E-state index in [4.69, 9.17) is 16.6 Å². The number of hydrogen-bond donors (Lipinski definition) is 3. The summed E-state index contributed by atoms with van der Waals surface area (Å²) in [5.41, 5.74) is 10.4. The van der Waals surface area contributed by atoms with E-state index in [2.05, 4.69) is 18.8 Å². The van der Waals surface area contributed by atoms with Gasteiger partial charge in [-0.2, -0.15) is 0 Å². The molecular weight excluding hydrogens is 264 g/mol. The van der Waals surface area contributed by atoms with Gasteiger partial charge in [-0.1, -0.05) is 6.42 Å². The number of unbranched alkanes of at least 4 members (excludes halogenated alkanes) is 1. The van der Waals surface area contributed by atoms with Crippen LogP contribution in [0.2, 0.25) is 0 Å². The van der Waals surface area contributed by atoms with Crippen LogP contribution in [-0.2, 0) is 4.79 Å². The Labute approximate surface area is 116 Å². The summed E-state index contributed by atoms with van der Waals surface area (Å²) in [4.78, 5) is 17.2. The summed E-state index contributed by atoms with van der Waals surface area (Å²) in [5, 5.41) is 8.33. The second-order valence-corrected chi connectivity index (χ2v) is 3.58. The van der Waals surface area contributed by atoms with Crippen LogP contribution in [0.5, 0.6) is 0 Å². The number of carbonyl (C=O) groups is 1. The molecule has 8 heteroatoms. The summed E-state index contributed by atoms with van der Waals surface area (Å²) >= 11 is 0. The van der Waals surface area contributed by atoms with E-state index < -0.39 is 12.0 Å². The maximum atomic E-state index is 10.1. The fraction of sp³-hybridized carbons (Fsp3) is 0.417. The molecule has 0 saturated heterocycles. The number of carboxylic acid groups (broad SMARTS) is 1. The standard InChI is InChI=1S/C6H14N2O2.2C3H3NO/c7-4-2-1-3-5(8)6(9)10;2*1-2-5-3-4-1/h5H,1-4,7-8H2,(H,9,10);2*1-3H. The summed E-state index contributed by atoms with van der Waals surface area (Å²) in [6.45, 7) is 0.604. The molecule has 0 saturated carbocycles. The normalized spacial score (nSPS) is 10.5. The van der Waals surface area contributed by atoms with Gasteiger partial charge in [0.05, 0.1) is 12.4 Å². The number of oxazole rings is 2. The molecule has 2 rings (SSSR count). The average Bonchev–Trinajstić information content (AvgIpc) is 3.16. The van der Waals surface area contributed by atoms with E-state index in [1.54, 1.807) is 12.4 Å². The topological polar surface area (TPSA) is 141 Å². The van der Waals surface area contributed by atoms with Crippen LogP contribution in [-0.4, -0.2) is 33.6 Å². The van der Waals surface area contributed by atoms with Gasteiger partial charge in [0.1, 0.15) is 18.6 Å². The van der Waals surface area contributed by atoms with Gasteiger partial charge in [0.15, 0.2) is 12.8 Å². The van der Waals surface area contributed by atoms with Crippen LogP contribution in [0.3, 0.4) is 0 Å². The van der Waals surface area contributed by atoms with Crippen LogP contribution in [0.25, 0.3) is 0 Å². The molecule has 5 N–H and O–H groups in total. The Balaban J connectivity index is 0.000000298. The van der Waals surface area contributed by atoms with Crippen LogP contribution in [0.1, 0.15) is 19.3 Å². The molecule has 8 nitrogen and oxygen atoms in total. The van der Waals surface area contributed by atoms with Crippen LogP contribution in [0.4, 0.5) is 0 Å². The fourth-order valence-corrected chi connectivity index (χ4v) is 0.983. The van der Waals surface area contributed by atoms with Crippen LogP contribution in [0.15, 0.2) is 46.5 Å². The number of rotatable bonds is 5. The van der Waals surface area contributed by atoms with Crippen molar-refractivity contribution in [2.75, 3.05) is 6.54 Å². The SMILES string of the molecule is NCCCCC(N)C(=O)O.c1cocn1.c1cocn1. The highest BCUT2D eigenvalue weighted by molar-refractivity contribution is 5.72. The Bertz CT molecular complexity index is 331. The summed E-state index contributed by atoms with van der Waals surface area (Å²) in [6, 6.07) is -0.716. The molecule has 0 fully saturated rings. The second-order valence-electron chi connectivity index (χ2n) is 3.58. The summed E-state index contributed by atoms with van der Waals surface area (Å²) in [5.74, 6) is -0.933. The Hall–Kier alpha value is -2.19. The van der Waals surface area contributed by atoms with Crippen molar-refractivity contribution in [3.8, 4) is 0 Å². The molecule has 0 spiro atoms. The summed E-state index contributed by atoms with van der Waals surface area (Å²) in [7, 11) is 0. The first-order valence-electron chi connectivity index (χ1n) is 6.01. The van der Waals surface area contributed by atoms with E-state index in [-0.39, 0.29) is 0 Å². The van der Waals surface area contributed by atoms with Gasteiger partial charge in [-0.15, -0.1) is 0 Å². The van der Waals surface area contributed by atoms with Gasteiger partial charge in [-0.05, 0) is 19.4 Å². The van der Waals surface area contributed by atoms with Crippen molar-refractivity contribution in [3.05, 3.63) is 37.7 Å². The molecule has 2 aromatic heterocycles. The third-order valence-corrected chi connectivity index (χ3v) is 1.98. The van der Waals surface area contributed by atoms with E-state index in [0.717, 1.165) is 12.8 Å². The molecule has 2 heterocycles. The van der Waals surface area contributed by atoms with Crippen molar-refractivity contribution >= 4 is 5.97 Å². The molecular formula is C12H20N4O4. The van der Waals surface area contributed by atoms with E-state index in [1.165, 1.54) is 25.3 Å². The van der Waals surface area contributed by atoms with Gasteiger partial charge in [0.25, 0.3) is 0 Å². The monoisotopic (exact) mass is 284 g/mol. The second kappa shape index (κ2) is 13.2. The minimum Gasteiger partial charge on any atom is -0.480 e. The highest BCUT2D eigenvalue weighted by atomic mass is 16.4. The van der Waals surface area contributed by atoms with Crippen LogP contribution < -0.4 is 11.5 Å². The van der Waals surface area contributed by atoms with Gasteiger partial charge in [-0.3, -0.25) is 4.79 Å². The number of nitrogens with zero attached hydrogens (tertiary/aromatic N) is 2. The lowest BCUT2D eigenvalue weighted by molar-refractivity contribution is -0.138. The number of nitrogens with two attached hydrogens (primary N) is 2. The third-order valence-electron chi connectivity index (χ3n) is 1.98. The van der Waals surface area contributed by atoms with E-state index in [0.29, 0.717) is 13.0 Å². The first kappa shape index (κ1) is 17.8. The van der Waals surface area contributed by atoms with Crippen molar-refractivity contribution in [1.82, 2.24) is 9.97 Å². The van der Waals surface area contributed by atoms with E-state index in [9.17, 15) is 4.79 Å². The molecule has 2 aromatic rings.